The summed E-state index contributed by atoms with van der Waals surface area (Å²) in [4.78, 5) is 14.1. The summed E-state index contributed by atoms with van der Waals surface area (Å²) >= 11 is 0. The lowest BCUT2D eigenvalue weighted by atomic mass is 9.82. The molecule has 1 aromatic carbocycles. The van der Waals surface area contributed by atoms with Crippen LogP contribution >= 0.6 is 0 Å². The molecule has 1 aliphatic heterocycles. The zero-order valence-electron chi connectivity index (χ0n) is 11.5. The molecule has 2 rings (SSSR count). The molecule has 4 nitrogen and oxygen atoms in total. The van der Waals surface area contributed by atoms with E-state index in [9.17, 15) is 9.90 Å². The van der Waals surface area contributed by atoms with Gasteiger partial charge in [-0.05, 0) is 11.5 Å². The third kappa shape index (κ3) is 2.65. The first kappa shape index (κ1) is 14.0. The van der Waals surface area contributed by atoms with Crippen LogP contribution in [0, 0.1) is 5.92 Å². The van der Waals surface area contributed by atoms with Crippen molar-refractivity contribution in [2.75, 3.05) is 19.6 Å². The van der Waals surface area contributed by atoms with Crippen molar-refractivity contribution in [2.45, 2.75) is 25.4 Å². The van der Waals surface area contributed by atoms with E-state index < -0.39 is 5.60 Å². The average molecular weight is 262 g/mol. The monoisotopic (exact) mass is 262 g/mol. The Labute approximate surface area is 114 Å². The number of rotatable bonds is 4. The lowest BCUT2D eigenvalue weighted by Gasteiger charge is -2.50. The number of amides is 1. The fourth-order valence-electron chi connectivity index (χ4n) is 2.42. The van der Waals surface area contributed by atoms with E-state index in [1.54, 1.807) is 4.90 Å². The summed E-state index contributed by atoms with van der Waals surface area (Å²) in [6.45, 7) is 5.05. The van der Waals surface area contributed by atoms with Gasteiger partial charge in [-0.1, -0.05) is 44.2 Å². The van der Waals surface area contributed by atoms with Gasteiger partial charge in [0.25, 0.3) is 0 Å². The number of likely N-dealkylation sites (tertiary alicyclic amines) is 1. The fraction of sp³-hybridized carbons (Fsp3) is 0.533. The highest BCUT2D eigenvalue weighted by Crippen LogP contribution is 2.31. The second kappa shape index (κ2) is 5.31. The molecule has 19 heavy (non-hydrogen) atoms. The maximum atomic E-state index is 12.4. The molecule has 1 amide bonds. The van der Waals surface area contributed by atoms with Crippen molar-refractivity contribution in [3.8, 4) is 0 Å². The predicted molar refractivity (Wildman–Crippen MR) is 74.6 cm³/mol. The fourth-order valence-corrected chi connectivity index (χ4v) is 2.42. The summed E-state index contributed by atoms with van der Waals surface area (Å²) in [6, 6.07) is 9.58. The van der Waals surface area contributed by atoms with Crippen LogP contribution in [0.3, 0.4) is 0 Å². The van der Waals surface area contributed by atoms with Gasteiger partial charge in [0.15, 0.2) is 0 Å². The number of hydrogen-bond donors (Lipinski definition) is 2. The van der Waals surface area contributed by atoms with E-state index >= 15 is 0 Å². The number of carbonyl (C=O) groups is 1. The second-order valence-corrected chi connectivity index (χ2v) is 5.65. The standard InChI is InChI=1S/C15H22N2O2/c1-11(2)15(19)9-17(10-15)14(18)13(8-16)12-6-4-3-5-7-12/h3-7,11,13,19H,8-10,16H2,1-2H3. The number of benzene rings is 1. The Morgan fingerprint density at radius 3 is 2.42 bits per heavy atom. The van der Waals surface area contributed by atoms with E-state index in [4.69, 9.17) is 5.73 Å². The van der Waals surface area contributed by atoms with Crippen LogP contribution in [0.5, 0.6) is 0 Å². The van der Waals surface area contributed by atoms with Crippen LogP contribution in [0.25, 0.3) is 0 Å². The maximum Gasteiger partial charge on any atom is 0.231 e. The highest BCUT2D eigenvalue weighted by atomic mass is 16.3. The third-order valence-electron chi connectivity index (χ3n) is 4.05. The summed E-state index contributed by atoms with van der Waals surface area (Å²) in [6.07, 6.45) is 0. The van der Waals surface area contributed by atoms with Gasteiger partial charge < -0.3 is 15.7 Å². The topological polar surface area (TPSA) is 66.6 Å². The average Bonchev–Trinajstić information content (AvgIpc) is 2.36. The van der Waals surface area contributed by atoms with Crippen molar-refractivity contribution >= 4 is 5.91 Å². The minimum Gasteiger partial charge on any atom is -0.386 e. The molecule has 1 saturated heterocycles. The quantitative estimate of drug-likeness (QED) is 0.849. The molecule has 1 atom stereocenters. The van der Waals surface area contributed by atoms with E-state index in [-0.39, 0.29) is 17.7 Å². The smallest absolute Gasteiger partial charge is 0.231 e. The summed E-state index contributed by atoms with van der Waals surface area (Å²) < 4.78 is 0. The zero-order chi connectivity index (χ0) is 14.0. The molecular weight excluding hydrogens is 240 g/mol. The first-order valence-electron chi connectivity index (χ1n) is 6.74. The van der Waals surface area contributed by atoms with Gasteiger partial charge in [-0.3, -0.25) is 4.79 Å². The van der Waals surface area contributed by atoms with E-state index in [0.717, 1.165) is 5.56 Å². The largest absolute Gasteiger partial charge is 0.386 e. The normalized spacial score (nSPS) is 19.1. The molecule has 0 radical (unpaired) electrons. The van der Waals surface area contributed by atoms with Crippen molar-refractivity contribution in [3.63, 3.8) is 0 Å². The van der Waals surface area contributed by atoms with Crippen LogP contribution in [0.4, 0.5) is 0 Å². The van der Waals surface area contributed by atoms with E-state index in [1.165, 1.54) is 0 Å². The van der Waals surface area contributed by atoms with Gasteiger partial charge in [-0.2, -0.15) is 0 Å². The first-order valence-corrected chi connectivity index (χ1v) is 6.74. The number of aliphatic hydroxyl groups is 1. The molecule has 1 aliphatic rings. The number of β-amino-alcohol motifs (C(OH)–C–C–N with tert-alkyl or cyclic N) is 1. The van der Waals surface area contributed by atoms with Gasteiger partial charge in [0.05, 0.1) is 19.0 Å². The Balaban J connectivity index is 2.04. The molecule has 0 aliphatic carbocycles. The zero-order valence-corrected chi connectivity index (χ0v) is 11.5. The van der Waals surface area contributed by atoms with E-state index in [0.29, 0.717) is 19.6 Å². The van der Waals surface area contributed by atoms with Crippen LogP contribution in [0.1, 0.15) is 25.3 Å². The summed E-state index contributed by atoms with van der Waals surface area (Å²) in [5.41, 5.74) is 5.95. The lowest BCUT2D eigenvalue weighted by Crippen LogP contribution is -2.66. The molecular formula is C15H22N2O2. The Morgan fingerprint density at radius 2 is 1.95 bits per heavy atom. The molecule has 0 saturated carbocycles. The number of nitrogens with two attached hydrogens (primary N) is 1. The Morgan fingerprint density at radius 1 is 1.37 bits per heavy atom. The van der Waals surface area contributed by atoms with Crippen molar-refractivity contribution in [1.29, 1.82) is 0 Å². The summed E-state index contributed by atoms with van der Waals surface area (Å²) in [7, 11) is 0. The van der Waals surface area contributed by atoms with Crippen LogP contribution in [0.15, 0.2) is 30.3 Å². The van der Waals surface area contributed by atoms with Crippen LogP contribution in [0.2, 0.25) is 0 Å². The van der Waals surface area contributed by atoms with Crippen LogP contribution in [-0.4, -0.2) is 41.1 Å². The minimum absolute atomic E-state index is 0.0130. The molecule has 1 heterocycles. The molecule has 4 heteroatoms. The molecule has 1 fully saturated rings. The summed E-state index contributed by atoms with van der Waals surface area (Å²) in [5, 5.41) is 10.2. The highest BCUT2D eigenvalue weighted by Gasteiger charge is 2.46. The Bertz CT molecular complexity index is 439. The Kier molecular flexibility index (Phi) is 3.92. The molecule has 0 spiro atoms. The SMILES string of the molecule is CC(C)C1(O)CN(C(=O)C(CN)c2ccccc2)C1. The van der Waals surface area contributed by atoms with Crippen LogP contribution < -0.4 is 5.73 Å². The van der Waals surface area contributed by atoms with Crippen molar-refractivity contribution in [2.24, 2.45) is 11.7 Å². The van der Waals surface area contributed by atoms with Gasteiger partial charge in [0.2, 0.25) is 5.91 Å². The number of hydrogen-bond acceptors (Lipinski definition) is 3. The molecule has 1 aromatic rings. The highest BCUT2D eigenvalue weighted by molar-refractivity contribution is 5.85. The molecule has 104 valence electrons. The number of nitrogens with zero attached hydrogens (tertiary/aromatic N) is 1. The van der Waals surface area contributed by atoms with Gasteiger partial charge >= 0.3 is 0 Å². The maximum absolute atomic E-state index is 12.4. The lowest BCUT2D eigenvalue weighted by molar-refractivity contribution is -0.165. The third-order valence-corrected chi connectivity index (χ3v) is 4.05. The molecule has 0 aromatic heterocycles. The first-order chi connectivity index (χ1) is 8.98. The molecule has 1 unspecified atom stereocenters. The van der Waals surface area contributed by atoms with Crippen LogP contribution in [-0.2, 0) is 4.79 Å². The second-order valence-electron chi connectivity index (χ2n) is 5.65. The van der Waals surface area contributed by atoms with Crippen molar-refractivity contribution in [1.82, 2.24) is 4.90 Å². The van der Waals surface area contributed by atoms with Gasteiger partial charge in [-0.15, -0.1) is 0 Å². The van der Waals surface area contributed by atoms with E-state index in [1.807, 2.05) is 44.2 Å². The summed E-state index contributed by atoms with van der Waals surface area (Å²) in [5.74, 6) is -0.137. The van der Waals surface area contributed by atoms with Crippen molar-refractivity contribution < 1.29 is 9.90 Å². The van der Waals surface area contributed by atoms with Gasteiger partial charge in [-0.25, -0.2) is 0 Å². The molecule has 3 N–H and O–H groups in total. The van der Waals surface area contributed by atoms with Crippen molar-refractivity contribution in [3.05, 3.63) is 35.9 Å². The molecule has 0 bridgehead atoms. The minimum atomic E-state index is -0.731. The predicted octanol–water partition coefficient (Wildman–Crippen LogP) is 0.958. The number of carbonyl (C=O) groups excluding carboxylic acids is 1. The van der Waals surface area contributed by atoms with E-state index in [2.05, 4.69) is 0 Å². The van der Waals surface area contributed by atoms with Gasteiger partial charge in [0, 0.05) is 6.54 Å². The Hall–Kier alpha value is -1.39. The van der Waals surface area contributed by atoms with Gasteiger partial charge in [0.1, 0.15) is 5.60 Å².